The number of rotatable bonds is 5. The summed E-state index contributed by atoms with van der Waals surface area (Å²) in [7, 11) is 1.92. The van der Waals surface area contributed by atoms with E-state index < -0.39 is 0 Å². The second kappa shape index (κ2) is 6.28. The summed E-state index contributed by atoms with van der Waals surface area (Å²) in [6.45, 7) is 0. The van der Waals surface area contributed by atoms with Crippen molar-refractivity contribution < 1.29 is 4.52 Å². The zero-order valence-corrected chi connectivity index (χ0v) is 11.7. The Morgan fingerprint density at radius 3 is 2.62 bits per heavy atom. The molecule has 0 aliphatic carbocycles. The van der Waals surface area contributed by atoms with Gasteiger partial charge in [-0.1, -0.05) is 41.6 Å². The highest BCUT2D eigenvalue weighted by atomic mass is 16.5. The van der Waals surface area contributed by atoms with Crippen LogP contribution >= 0.6 is 0 Å². The summed E-state index contributed by atoms with van der Waals surface area (Å²) < 4.78 is 5.33. The molecule has 0 radical (unpaired) electrons. The summed E-state index contributed by atoms with van der Waals surface area (Å²) in [5, 5.41) is 7.26. The van der Waals surface area contributed by atoms with Crippen LogP contribution in [-0.4, -0.2) is 22.2 Å². The third-order valence-corrected chi connectivity index (χ3v) is 3.29. The Labute approximate surface area is 123 Å². The first-order valence-electron chi connectivity index (χ1n) is 6.83. The molecule has 3 rings (SSSR count). The third kappa shape index (κ3) is 3.14. The van der Waals surface area contributed by atoms with Gasteiger partial charge >= 0.3 is 0 Å². The summed E-state index contributed by atoms with van der Waals surface area (Å²) in [6, 6.07) is 16.0. The molecule has 1 unspecified atom stereocenters. The Morgan fingerprint density at radius 2 is 1.90 bits per heavy atom. The molecule has 3 aromatic rings. The Balaban J connectivity index is 1.78. The summed E-state index contributed by atoms with van der Waals surface area (Å²) in [5.41, 5.74) is 1.91. The number of nitrogens with zero attached hydrogens (tertiary/aromatic N) is 3. The lowest BCUT2D eigenvalue weighted by Crippen LogP contribution is -2.18. The molecule has 5 nitrogen and oxygen atoms in total. The lowest BCUT2D eigenvalue weighted by atomic mass is 10.0. The Kier molecular flexibility index (Phi) is 4.02. The second-order valence-electron chi connectivity index (χ2n) is 4.68. The van der Waals surface area contributed by atoms with Crippen molar-refractivity contribution in [1.29, 1.82) is 0 Å². The number of likely N-dealkylation sites (N-methyl/N-ethyl adjacent to an activating group) is 1. The zero-order valence-electron chi connectivity index (χ0n) is 11.7. The van der Waals surface area contributed by atoms with E-state index in [9.17, 15) is 0 Å². The summed E-state index contributed by atoms with van der Waals surface area (Å²) in [5.74, 6) is 1.12. The molecule has 0 bridgehead atoms. The molecule has 0 amide bonds. The van der Waals surface area contributed by atoms with Crippen molar-refractivity contribution in [2.45, 2.75) is 12.5 Å². The smallest absolute Gasteiger partial charge is 0.228 e. The standard InChI is InChI=1S/C16H16N4O/c1-17-14(12-7-3-2-4-8-12)11-15-19-16(20-21-15)13-9-5-6-10-18-13/h2-10,14,17H,11H2,1H3. The largest absolute Gasteiger partial charge is 0.339 e. The van der Waals surface area contributed by atoms with Gasteiger partial charge in [0, 0.05) is 18.7 Å². The molecule has 2 aromatic heterocycles. The molecule has 5 heteroatoms. The van der Waals surface area contributed by atoms with E-state index >= 15 is 0 Å². The van der Waals surface area contributed by atoms with Crippen LogP contribution in [0.2, 0.25) is 0 Å². The van der Waals surface area contributed by atoms with Gasteiger partial charge in [-0.3, -0.25) is 4.98 Å². The maximum Gasteiger partial charge on any atom is 0.228 e. The van der Waals surface area contributed by atoms with Crippen LogP contribution in [-0.2, 0) is 6.42 Å². The number of pyridine rings is 1. The van der Waals surface area contributed by atoms with Crippen LogP contribution in [0.5, 0.6) is 0 Å². The van der Waals surface area contributed by atoms with Gasteiger partial charge in [-0.15, -0.1) is 0 Å². The SMILES string of the molecule is CNC(Cc1nc(-c2ccccn2)no1)c1ccccc1. The predicted octanol–water partition coefficient (Wildman–Crippen LogP) is 2.63. The van der Waals surface area contributed by atoms with Crippen LogP contribution in [0.25, 0.3) is 11.5 Å². The lowest BCUT2D eigenvalue weighted by molar-refractivity contribution is 0.363. The van der Waals surface area contributed by atoms with E-state index in [4.69, 9.17) is 4.52 Å². The molecule has 21 heavy (non-hydrogen) atoms. The van der Waals surface area contributed by atoms with Gasteiger partial charge in [0.1, 0.15) is 5.69 Å². The van der Waals surface area contributed by atoms with E-state index in [-0.39, 0.29) is 6.04 Å². The number of benzene rings is 1. The van der Waals surface area contributed by atoms with Gasteiger partial charge in [-0.05, 0) is 24.7 Å². The van der Waals surface area contributed by atoms with Crippen molar-refractivity contribution in [3.63, 3.8) is 0 Å². The van der Waals surface area contributed by atoms with Crippen molar-refractivity contribution in [3.8, 4) is 11.5 Å². The number of hydrogen-bond acceptors (Lipinski definition) is 5. The van der Waals surface area contributed by atoms with Crippen LogP contribution in [0.4, 0.5) is 0 Å². The molecule has 1 N–H and O–H groups in total. The molecule has 1 atom stereocenters. The molecule has 2 heterocycles. The minimum atomic E-state index is 0.142. The highest BCUT2D eigenvalue weighted by Crippen LogP contribution is 2.19. The molecule has 0 spiro atoms. The zero-order chi connectivity index (χ0) is 14.5. The first kappa shape index (κ1) is 13.5. The fourth-order valence-electron chi connectivity index (χ4n) is 2.18. The molecule has 0 saturated carbocycles. The van der Waals surface area contributed by atoms with Gasteiger partial charge < -0.3 is 9.84 Å². The van der Waals surface area contributed by atoms with E-state index in [0.29, 0.717) is 23.8 Å². The third-order valence-electron chi connectivity index (χ3n) is 3.29. The minimum Gasteiger partial charge on any atom is -0.339 e. The summed E-state index contributed by atoms with van der Waals surface area (Å²) in [4.78, 5) is 8.63. The topological polar surface area (TPSA) is 63.8 Å². The number of hydrogen-bond donors (Lipinski definition) is 1. The van der Waals surface area contributed by atoms with Crippen molar-refractivity contribution in [1.82, 2.24) is 20.4 Å². The van der Waals surface area contributed by atoms with Gasteiger partial charge in [0.05, 0.1) is 0 Å². The van der Waals surface area contributed by atoms with Crippen LogP contribution in [0.3, 0.4) is 0 Å². The van der Waals surface area contributed by atoms with Gasteiger partial charge in [-0.25, -0.2) is 0 Å². The van der Waals surface area contributed by atoms with Crippen LogP contribution in [0, 0.1) is 0 Å². The van der Waals surface area contributed by atoms with Crippen molar-refractivity contribution >= 4 is 0 Å². The van der Waals surface area contributed by atoms with Crippen LogP contribution in [0.1, 0.15) is 17.5 Å². The summed E-state index contributed by atoms with van der Waals surface area (Å²) in [6.07, 6.45) is 2.35. The molecule has 0 fully saturated rings. The van der Waals surface area contributed by atoms with E-state index in [0.717, 1.165) is 0 Å². The fourth-order valence-corrected chi connectivity index (χ4v) is 2.18. The first-order chi connectivity index (χ1) is 10.4. The molecule has 0 aliphatic rings. The maximum absolute atomic E-state index is 5.33. The average Bonchev–Trinajstić information content (AvgIpc) is 3.03. The van der Waals surface area contributed by atoms with Gasteiger partial charge in [0.15, 0.2) is 0 Å². The lowest BCUT2D eigenvalue weighted by Gasteiger charge is -2.13. The predicted molar refractivity (Wildman–Crippen MR) is 79.5 cm³/mol. The Bertz CT molecular complexity index is 682. The molecular weight excluding hydrogens is 264 g/mol. The van der Waals surface area contributed by atoms with E-state index in [1.165, 1.54) is 5.56 Å². The maximum atomic E-state index is 5.33. The van der Waals surface area contributed by atoms with Gasteiger partial charge in [0.2, 0.25) is 11.7 Å². The van der Waals surface area contributed by atoms with E-state index in [1.807, 2.05) is 43.4 Å². The van der Waals surface area contributed by atoms with Crippen LogP contribution < -0.4 is 5.32 Å². The normalized spacial score (nSPS) is 12.2. The molecule has 1 aromatic carbocycles. The molecule has 0 aliphatic heterocycles. The van der Waals surface area contributed by atoms with Crippen molar-refractivity contribution in [2.75, 3.05) is 7.05 Å². The minimum absolute atomic E-state index is 0.142. The average molecular weight is 280 g/mol. The monoisotopic (exact) mass is 280 g/mol. The quantitative estimate of drug-likeness (QED) is 0.778. The Morgan fingerprint density at radius 1 is 1.10 bits per heavy atom. The van der Waals surface area contributed by atoms with Crippen molar-refractivity contribution in [2.24, 2.45) is 0 Å². The molecule has 0 saturated heterocycles. The summed E-state index contributed by atoms with van der Waals surface area (Å²) >= 11 is 0. The highest BCUT2D eigenvalue weighted by molar-refractivity contribution is 5.47. The Hall–Kier alpha value is -2.53. The van der Waals surface area contributed by atoms with Crippen molar-refractivity contribution in [3.05, 3.63) is 66.2 Å². The van der Waals surface area contributed by atoms with Crippen LogP contribution in [0.15, 0.2) is 59.3 Å². The van der Waals surface area contributed by atoms with E-state index in [1.54, 1.807) is 6.20 Å². The fraction of sp³-hybridized carbons (Fsp3) is 0.188. The highest BCUT2D eigenvalue weighted by Gasteiger charge is 2.15. The molecule has 106 valence electrons. The number of nitrogens with one attached hydrogen (secondary N) is 1. The molecular formula is C16H16N4O. The van der Waals surface area contributed by atoms with E-state index in [2.05, 4.69) is 32.6 Å². The first-order valence-corrected chi connectivity index (χ1v) is 6.83. The van der Waals surface area contributed by atoms with Gasteiger partial charge in [0.25, 0.3) is 0 Å². The second-order valence-corrected chi connectivity index (χ2v) is 4.68. The van der Waals surface area contributed by atoms with Gasteiger partial charge in [-0.2, -0.15) is 4.98 Å². The number of aromatic nitrogens is 3.